The Bertz CT molecular complexity index is 252. The molecule has 0 aromatic heterocycles. The Morgan fingerprint density at radius 2 is 2.27 bits per heavy atom. The van der Waals surface area contributed by atoms with Crippen molar-refractivity contribution in [1.29, 1.82) is 0 Å². The second-order valence-corrected chi connectivity index (χ2v) is 4.98. The van der Waals surface area contributed by atoms with Crippen molar-refractivity contribution in [3.63, 3.8) is 0 Å². The molecule has 0 amide bonds. The van der Waals surface area contributed by atoms with E-state index in [1.807, 2.05) is 18.2 Å². The number of aliphatic hydroxyl groups is 1. The summed E-state index contributed by atoms with van der Waals surface area (Å²) in [6.45, 7) is 4.25. The van der Waals surface area contributed by atoms with Crippen molar-refractivity contribution >= 4 is 11.8 Å². The van der Waals surface area contributed by atoms with Gasteiger partial charge in [-0.05, 0) is 12.8 Å². The summed E-state index contributed by atoms with van der Waals surface area (Å²) in [6.07, 6.45) is 9.36. The topological polar surface area (TPSA) is 29.5 Å². The molecule has 0 spiro atoms. The van der Waals surface area contributed by atoms with Crippen molar-refractivity contribution < 1.29 is 9.84 Å². The lowest BCUT2D eigenvalue weighted by molar-refractivity contribution is 0.101. The lowest BCUT2D eigenvalue weighted by atomic mass is 9.96. The number of aliphatic hydroxyl groups excluding tert-OH is 1. The predicted molar refractivity (Wildman–Crippen MR) is 65.9 cm³/mol. The average Bonchev–Trinajstić information content (AvgIpc) is 2.16. The third-order valence-electron chi connectivity index (χ3n) is 2.20. The highest BCUT2D eigenvalue weighted by molar-refractivity contribution is 8.03. The number of ether oxygens (including phenoxy) is 1. The van der Waals surface area contributed by atoms with E-state index in [-0.39, 0.29) is 6.10 Å². The van der Waals surface area contributed by atoms with Crippen molar-refractivity contribution in [1.82, 2.24) is 0 Å². The van der Waals surface area contributed by atoms with Crippen LogP contribution >= 0.6 is 11.8 Å². The van der Waals surface area contributed by atoms with E-state index in [0.29, 0.717) is 11.9 Å². The molecule has 1 aliphatic carbocycles. The van der Waals surface area contributed by atoms with Gasteiger partial charge in [-0.3, -0.25) is 0 Å². The molecule has 0 aromatic rings. The molecule has 0 saturated heterocycles. The minimum atomic E-state index is -0.0880. The van der Waals surface area contributed by atoms with Gasteiger partial charge in [0.25, 0.3) is 0 Å². The highest BCUT2D eigenvalue weighted by Crippen LogP contribution is 2.36. The molecule has 1 fully saturated rings. The van der Waals surface area contributed by atoms with E-state index >= 15 is 0 Å². The Morgan fingerprint density at radius 3 is 2.80 bits per heavy atom. The normalized spacial score (nSPS) is 26.7. The lowest BCUT2D eigenvalue weighted by Gasteiger charge is -2.31. The van der Waals surface area contributed by atoms with E-state index in [4.69, 9.17) is 4.74 Å². The van der Waals surface area contributed by atoms with Gasteiger partial charge in [0.15, 0.2) is 0 Å². The molecule has 0 radical (unpaired) electrons. The second kappa shape index (κ2) is 6.88. The first-order valence-electron chi connectivity index (χ1n) is 5.08. The summed E-state index contributed by atoms with van der Waals surface area (Å²) in [5.74, 6) is 0. The molecule has 15 heavy (non-hydrogen) atoms. The van der Waals surface area contributed by atoms with Gasteiger partial charge >= 0.3 is 0 Å². The number of methoxy groups -OCH3 is 1. The van der Waals surface area contributed by atoms with Crippen LogP contribution in [0.4, 0.5) is 0 Å². The lowest BCUT2D eigenvalue weighted by Crippen LogP contribution is -2.30. The fourth-order valence-corrected chi connectivity index (χ4v) is 2.76. The summed E-state index contributed by atoms with van der Waals surface area (Å²) in [4.78, 5) is 1.20. The van der Waals surface area contributed by atoms with Gasteiger partial charge in [-0.25, -0.2) is 0 Å². The first kappa shape index (κ1) is 12.6. The molecule has 1 saturated carbocycles. The maximum atomic E-state index is 9.18. The summed E-state index contributed by atoms with van der Waals surface area (Å²) in [5, 5.41) is 9.74. The molecule has 0 aromatic carbocycles. The van der Waals surface area contributed by atoms with Crippen LogP contribution in [0.25, 0.3) is 0 Å². The van der Waals surface area contributed by atoms with Gasteiger partial charge < -0.3 is 9.84 Å². The summed E-state index contributed by atoms with van der Waals surface area (Å²) in [6, 6.07) is 0. The molecule has 0 atom stereocenters. The van der Waals surface area contributed by atoms with Gasteiger partial charge in [0, 0.05) is 17.3 Å². The van der Waals surface area contributed by atoms with Crippen LogP contribution in [0.15, 0.2) is 35.8 Å². The minimum Gasteiger partial charge on any atom is -0.393 e. The number of hydrogen-bond acceptors (Lipinski definition) is 3. The van der Waals surface area contributed by atoms with Crippen LogP contribution in [0.3, 0.4) is 0 Å². The van der Waals surface area contributed by atoms with Crippen molar-refractivity contribution in [2.75, 3.05) is 13.7 Å². The van der Waals surface area contributed by atoms with Gasteiger partial charge in [0.05, 0.1) is 12.7 Å². The fraction of sp³-hybridized carbons (Fsp3) is 0.500. The van der Waals surface area contributed by atoms with Gasteiger partial charge in [0.1, 0.15) is 0 Å². The van der Waals surface area contributed by atoms with Crippen LogP contribution in [-0.4, -0.2) is 30.2 Å². The highest BCUT2D eigenvalue weighted by Gasteiger charge is 2.28. The largest absolute Gasteiger partial charge is 0.393 e. The second-order valence-electron chi connectivity index (χ2n) is 3.55. The van der Waals surface area contributed by atoms with Crippen molar-refractivity contribution in [3.8, 4) is 0 Å². The number of rotatable bonds is 6. The quantitative estimate of drug-likeness (QED) is 0.706. The molecule has 0 heterocycles. The Hall–Kier alpha value is -0.510. The van der Waals surface area contributed by atoms with Crippen LogP contribution in [0.1, 0.15) is 12.8 Å². The average molecular weight is 226 g/mol. The van der Waals surface area contributed by atoms with Gasteiger partial charge in [-0.15, -0.1) is 11.8 Å². The van der Waals surface area contributed by atoms with E-state index in [9.17, 15) is 5.11 Å². The standard InChI is InChI=1S/C12H18O2S/c1-3-4-5-6-11(9-14-2)15-12-7-10(13)8-12/h3-6,10,12-13H,1,7-9H2,2H3/b5-4-,11-6+. The Kier molecular flexibility index (Phi) is 5.76. The molecule has 1 rings (SSSR count). The van der Waals surface area contributed by atoms with E-state index in [1.165, 1.54) is 4.91 Å². The zero-order chi connectivity index (χ0) is 11.1. The minimum absolute atomic E-state index is 0.0880. The molecule has 84 valence electrons. The third kappa shape index (κ3) is 4.69. The number of hydrogen-bond donors (Lipinski definition) is 1. The molecule has 1 aliphatic rings. The summed E-state index contributed by atoms with van der Waals surface area (Å²) in [7, 11) is 1.70. The predicted octanol–water partition coefficient (Wildman–Crippen LogP) is 2.52. The van der Waals surface area contributed by atoms with Crippen molar-refractivity contribution in [2.24, 2.45) is 0 Å². The van der Waals surface area contributed by atoms with Crippen LogP contribution < -0.4 is 0 Å². The Morgan fingerprint density at radius 1 is 1.53 bits per heavy atom. The van der Waals surface area contributed by atoms with Gasteiger partial charge in [-0.2, -0.15) is 0 Å². The van der Waals surface area contributed by atoms with Crippen LogP contribution in [0.5, 0.6) is 0 Å². The molecule has 3 heteroatoms. The molecule has 2 nitrogen and oxygen atoms in total. The summed E-state index contributed by atoms with van der Waals surface area (Å²) in [5.41, 5.74) is 0. The Labute approximate surface area is 95.7 Å². The number of thioether (sulfide) groups is 1. The maximum absolute atomic E-state index is 9.18. The van der Waals surface area contributed by atoms with Crippen LogP contribution in [0, 0.1) is 0 Å². The summed E-state index contributed by atoms with van der Waals surface area (Å²) < 4.78 is 5.12. The Balaban J connectivity index is 2.39. The zero-order valence-corrected chi connectivity index (χ0v) is 9.87. The maximum Gasteiger partial charge on any atom is 0.0771 e. The van der Waals surface area contributed by atoms with Crippen molar-refractivity contribution in [2.45, 2.75) is 24.2 Å². The van der Waals surface area contributed by atoms with E-state index in [2.05, 4.69) is 6.58 Å². The molecular formula is C12H18O2S. The van der Waals surface area contributed by atoms with Gasteiger partial charge in [-0.1, -0.05) is 30.9 Å². The molecule has 0 unspecified atom stereocenters. The smallest absolute Gasteiger partial charge is 0.0771 e. The first-order chi connectivity index (χ1) is 7.26. The van der Waals surface area contributed by atoms with Crippen LogP contribution in [-0.2, 0) is 4.74 Å². The number of allylic oxidation sites excluding steroid dienone is 4. The summed E-state index contributed by atoms with van der Waals surface area (Å²) >= 11 is 1.80. The fourth-order valence-electron chi connectivity index (χ4n) is 1.35. The third-order valence-corrected chi connectivity index (χ3v) is 3.48. The highest BCUT2D eigenvalue weighted by atomic mass is 32.2. The molecular weight excluding hydrogens is 208 g/mol. The van der Waals surface area contributed by atoms with Crippen molar-refractivity contribution in [3.05, 3.63) is 35.8 Å². The van der Waals surface area contributed by atoms with Crippen LogP contribution in [0.2, 0.25) is 0 Å². The van der Waals surface area contributed by atoms with Gasteiger partial charge in [0.2, 0.25) is 0 Å². The first-order valence-corrected chi connectivity index (χ1v) is 5.96. The van der Waals surface area contributed by atoms with E-state index < -0.39 is 0 Å². The molecule has 1 N–H and O–H groups in total. The monoisotopic (exact) mass is 226 g/mol. The zero-order valence-electron chi connectivity index (χ0n) is 9.06. The SMILES string of the molecule is C=C/C=C\C=C(/COC)SC1CC(O)C1. The van der Waals surface area contributed by atoms with E-state index in [1.54, 1.807) is 24.9 Å². The molecule has 0 aliphatic heterocycles. The molecule has 0 bridgehead atoms. The van der Waals surface area contributed by atoms with E-state index in [0.717, 1.165) is 12.8 Å².